The first kappa shape index (κ1) is 14.2. The van der Waals surface area contributed by atoms with Gasteiger partial charge in [-0.3, -0.25) is 14.8 Å². The topological polar surface area (TPSA) is 46.1 Å². The minimum Gasteiger partial charge on any atom is -0.312 e. The van der Waals surface area contributed by atoms with Crippen LogP contribution in [0.4, 0.5) is 5.69 Å². The van der Waals surface area contributed by atoms with Crippen molar-refractivity contribution in [1.82, 2.24) is 9.97 Å². The fraction of sp³-hybridized carbons (Fsp3) is 0.167. The molecular formula is C18H14ClN3O. The van der Waals surface area contributed by atoms with Crippen molar-refractivity contribution in [2.24, 2.45) is 0 Å². The lowest BCUT2D eigenvalue weighted by atomic mass is 10.0. The minimum atomic E-state index is 0.0663. The fourth-order valence-electron chi connectivity index (χ4n) is 3.13. The average molecular weight is 324 g/mol. The summed E-state index contributed by atoms with van der Waals surface area (Å²) in [5, 5.41) is 0.622. The van der Waals surface area contributed by atoms with E-state index in [-0.39, 0.29) is 5.91 Å². The molecule has 4 nitrogen and oxygen atoms in total. The van der Waals surface area contributed by atoms with Gasteiger partial charge in [0.2, 0.25) is 5.91 Å². The molecule has 0 N–H and O–H groups in total. The molecule has 23 heavy (non-hydrogen) atoms. The average Bonchev–Trinajstić information content (AvgIpc) is 2.97. The van der Waals surface area contributed by atoms with Crippen LogP contribution in [0.3, 0.4) is 0 Å². The highest BCUT2D eigenvalue weighted by molar-refractivity contribution is 6.31. The molecule has 2 aromatic carbocycles. The number of carbonyl (C=O) groups excluding carboxylic acids is 1. The Morgan fingerprint density at radius 3 is 2.83 bits per heavy atom. The van der Waals surface area contributed by atoms with Crippen molar-refractivity contribution in [1.29, 1.82) is 0 Å². The predicted octanol–water partition coefficient (Wildman–Crippen LogP) is 3.86. The Labute approximate surface area is 138 Å². The zero-order chi connectivity index (χ0) is 16.0. The van der Waals surface area contributed by atoms with Crippen molar-refractivity contribution in [3.05, 3.63) is 53.3 Å². The summed E-state index contributed by atoms with van der Waals surface area (Å²) in [6, 6.07) is 9.89. The molecule has 0 spiro atoms. The Bertz CT molecular complexity index is 939. The van der Waals surface area contributed by atoms with Crippen LogP contribution in [0.5, 0.6) is 0 Å². The number of aromatic nitrogens is 2. The van der Waals surface area contributed by atoms with E-state index in [0.29, 0.717) is 5.02 Å². The van der Waals surface area contributed by atoms with Crippen LogP contribution >= 0.6 is 11.6 Å². The van der Waals surface area contributed by atoms with E-state index in [2.05, 4.69) is 22.1 Å². The molecule has 1 aromatic heterocycles. The van der Waals surface area contributed by atoms with E-state index in [1.54, 1.807) is 19.3 Å². The summed E-state index contributed by atoms with van der Waals surface area (Å²) in [7, 11) is 0. The number of amides is 1. The molecule has 0 aliphatic carbocycles. The van der Waals surface area contributed by atoms with Gasteiger partial charge in [0.1, 0.15) is 0 Å². The molecule has 5 heteroatoms. The largest absolute Gasteiger partial charge is 0.312 e. The van der Waals surface area contributed by atoms with Crippen molar-refractivity contribution < 1.29 is 4.79 Å². The normalized spacial score (nSPS) is 13.4. The molecule has 0 saturated carbocycles. The van der Waals surface area contributed by atoms with Crippen LogP contribution in [0.25, 0.3) is 22.2 Å². The Kier molecular flexibility index (Phi) is 3.27. The van der Waals surface area contributed by atoms with Crippen LogP contribution in [0.2, 0.25) is 5.02 Å². The standard InChI is InChI=1S/C18H14ClN3O/c1-11(23)22-7-4-12-2-3-13(8-17(12)22)15-9-14(19)10-16-18(15)21-6-5-20-16/h2-3,5-6,8-10H,4,7H2,1H3. The van der Waals surface area contributed by atoms with Gasteiger partial charge in [0.15, 0.2) is 0 Å². The van der Waals surface area contributed by atoms with E-state index in [4.69, 9.17) is 11.6 Å². The second-order valence-electron chi connectivity index (χ2n) is 5.64. The van der Waals surface area contributed by atoms with Crippen LogP contribution in [-0.4, -0.2) is 22.4 Å². The zero-order valence-electron chi connectivity index (χ0n) is 12.6. The summed E-state index contributed by atoms with van der Waals surface area (Å²) in [4.78, 5) is 22.4. The SMILES string of the molecule is CC(=O)N1CCc2ccc(-c3cc(Cl)cc4nccnc34)cc21. The predicted molar refractivity (Wildman–Crippen MR) is 91.7 cm³/mol. The Balaban J connectivity index is 1.93. The number of rotatable bonds is 1. The van der Waals surface area contributed by atoms with E-state index in [1.165, 1.54) is 5.56 Å². The number of carbonyl (C=O) groups is 1. The van der Waals surface area contributed by atoms with Crippen molar-refractivity contribution in [3.63, 3.8) is 0 Å². The van der Waals surface area contributed by atoms with Crippen LogP contribution in [0.15, 0.2) is 42.7 Å². The number of benzene rings is 2. The maximum Gasteiger partial charge on any atom is 0.223 e. The quantitative estimate of drug-likeness (QED) is 0.683. The number of hydrogen-bond acceptors (Lipinski definition) is 3. The van der Waals surface area contributed by atoms with Gasteiger partial charge in [-0.2, -0.15) is 0 Å². The third-order valence-corrected chi connectivity index (χ3v) is 4.43. The van der Waals surface area contributed by atoms with Gasteiger partial charge in [0.25, 0.3) is 0 Å². The Morgan fingerprint density at radius 2 is 2.00 bits per heavy atom. The number of fused-ring (bicyclic) bond motifs is 2. The third-order valence-electron chi connectivity index (χ3n) is 4.21. The molecule has 0 unspecified atom stereocenters. The van der Waals surface area contributed by atoms with Gasteiger partial charge in [0.05, 0.1) is 11.0 Å². The summed E-state index contributed by atoms with van der Waals surface area (Å²) in [6.45, 7) is 2.34. The van der Waals surface area contributed by atoms with Crippen LogP contribution in [-0.2, 0) is 11.2 Å². The fourth-order valence-corrected chi connectivity index (χ4v) is 3.35. The van der Waals surface area contributed by atoms with Crippen LogP contribution in [0, 0.1) is 0 Å². The molecule has 114 valence electrons. The van der Waals surface area contributed by atoms with E-state index >= 15 is 0 Å². The molecule has 2 heterocycles. The first-order chi connectivity index (χ1) is 11.1. The zero-order valence-corrected chi connectivity index (χ0v) is 13.3. The summed E-state index contributed by atoms with van der Waals surface area (Å²) >= 11 is 6.24. The maximum atomic E-state index is 11.8. The molecular weight excluding hydrogens is 310 g/mol. The van der Waals surface area contributed by atoms with Gasteiger partial charge >= 0.3 is 0 Å². The number of hydrogen-bond donors (Lipinski definition) is 0. The number of halogens is 1. The summed E-state index contributed by atoms with van der Waals surface area (Å²) < 4.78 is 0. The molecule has 0 saturated heterocycles. The smallest absolute Gasteiger partial charge is 0.223 e. The molecule has 0 atom stereocenters. The first-order valence-corrected chi connectivity index (χ1v) is 7.83. The number of nitrogens with zero attached hydrogens (tertiary/aromatic N) is 3. The van der Waals surface area contributed by atoms with Gasteiger partial charge in [-0.15, -0.1) is 0 Å². The third kappa shape index (κ3) is 2.35. The highest BCUT2D eigenvalue weighted by Gasteiger charge is 2.23. The van der Waals surface area contributed by atoms with E-state index in [0.717, 1.165) is 40.8 Å². The summed E-state index contributed by atoms with van der Waals surface area (Å²) in [6.07, 6.45) is 4.23. The molecule has 0 fully saturated rings. The molecule has 4 rings (SSSR count). The lowest BCUT2D eigenvalue weighted by Crippen LogP contribution is -2.25. The lowest BCUT2D eigenvalue weighted by Gasteiger charge is -2.16. The second-order valence-corrected chi connectivity index (χ2v) is 6.08. The summed E-state index contributed by atoms with van der Waals surface area (Å²) in [5.74, 6) is 0.0663. The van der Waals surface area contributed by atoms with Gasteiger partial charge in [0, 0.05) is 42.1 Å². The molecule has 0 radical (unpaired) electrons. The molecule has 0 bridgehead atoms. The molecule has 1 aliphatic rings. The Hall–Kier alpha value is -2.46. The maximum absolute atomic E-state index is 11.8. The number of anilines is 1. The molecule has 3 aromatic rings. The lowest BCUT2D eigenvalue weighted by molar-refractivity contribution is -0.116. The van der Waals surface area contributed by atoms with Crippen LogP contribution in [0.1, 0.15) is 12.5 Å². The van der Waals surface area contributed by atoms with Crippen molar-refractivity contribution in [2.45, 2.75) is 13.3 Å². The second kappa shape index (κ2) is 5.32. The highest BCUT2D eigenvalue weighted by atomic mass is 35.5. The van der Waals surface area contributed by atoms with E-state index in [9.17, 15) is 4.79 Å². The van der Waals surface area contributed by atoms with Gasteiger partial charge in [-0.05, 0) is 35.7 Å². The van der Waals surface area contributed by atoms with Gasteiger partial charge in [-0.1, -0.05) is 23.7 Å². The van der Waals surface area contributed by atoms with Crippen molar-refractivity contribution in [3.8, 4) is 11.1 Å². The van der Waals surface area contributed by atoms with Gasteiger partial charge in [-0.25, -0.2) is 0 Å². The molecule has 1 aliphatic heterocycles. The van der Waals surface area contributed by atoms with Gasteiger partial charge < -0.3 is 4.90 Å². The van der Waals surface area contributed by atoms with Crippen LogP contribution < -0.4 is 4.90 Å². The van der Waals surface area contributed by atoms with E-state index in [1.807, 2.05) is 23.1 Å². The van der Waals surface area contributed by atoms with Crippen molar-refractivity contribution in [2.75, 3.05) is 11.4 Å². The van der Waals surface area contributed by atoms with Crippen molar-refractivity contribution >= 4 is 34.2 Å². The summed E-state index contributed by atoms with van der Waals surface area (Å²) in [5.41, 5.74) is 5.67. The first-order valence-electron chi connectivity index (χ1n) is 7.45. The highest BCUT2D eigenvalue weighted by Crippen LogP contribution is 2.36. The minimum absolute atomic E-state index is 0.0663. The van der Waals surface area contributed by atoms with E-state index < -0.39 is 0 Å². The Morgan fingerprint density at radius 1 is 1.17 bits per heavy atom. The molecule has 1 amide bonds. The monoisotopic (exact) mass is 323 g/mol.